The third kappa shape index (κ3) is 3.69. The van der Waals surface area contributed by atoms with Gasteiger partial charge in [-0.05, 0) is 57.3 Å². The Hall–Kier alpha value is -0.0800. The molecule has 1 N–H and O–H groups in total. The van der Waals surface area contributed by atoms with Crippen molar-refractivity contribution in [3.8, 4) is 0 Å². The predicted molar refractivity (Wildman–Crippen MR) is 69.9 cm³/mol. The maximum atomic E-state index is 10.1. The van der Waals surface area contributed by atoms with Crippen LogP contribution in [0.25, 0.3) is 0 Å². The molecule has 2 fully saturated rings. The predicted octanol–water partition coefficient (Wildman–Crippen LogP) is 3.52. The highest BCUT2D eigenvalue weighted by Crippen LogP contribution is 2.37. The van der Waals surface area contributed by atoms with Crippen molar-refractivity contribution in [2.45, 2.75) is 83.5 Å². The summed E-state index contributed by atoms with van der Waals surface area (Å²) in [6.07, 6.45) is 10.4. The number of rotatable bonds is 4. The van der Waals surface area contributed by atoms with Gasteiger partial charge in [-0.25, -0.2) is 0 Å². The minimum absolute atomic E-state index is 0.0670. The van der Waals surface area contributed by atoms with Gasteiger partial charge in [0.25, 0.3) is 0 Å². The second-order valence-corrected chi connectivity index (χ2v) is 6.18. The number of aliphatic hydroxyl groups excluding tert-OH is 1. The fraction of sp³-hybridized carbons (Fsp3) is 1.00. The smallest absolute Gasteiger partial charge is 0.0583 e. The molecule has 17 heavy (non-hydrogen) atoms. The summed E-state index contributed by atoms with van der Waals surface area (Å²) in [6, 6.07) is 0. The third-order valence-corrected chi connectivity index (χ3v) is 4.63. The van der Waals surface area contributed by atoms with Gasteiger partial charge in [-0.1, -0.05) is 19.8 Å². The molecule has 0 aromatic heterocycles. The van der Waals surface area contributed by atoms with E-state index in [2.05, 4.69) is 13.8 Å². The van der Waals surface area contributed by atoms with Gasteiger partial charge in [0.2, 0.25) is 0 Å². The van der Waals surface area contributed by atoms with E-state index in [4.69, 9.17) is 4.74 Å². The maximum Gasteiger partial charge on any atom is 0.0583 e. The number of aliphatic hydroxyl groups is 1. The monoisotopic (exact) mass is 240 g/mol. The molecule has 1 saturated heterocycles. The first kappa shape index (κ1) is 13.4. The van der Waals surface area contributed by atoms with Gasteiger partial charge in [-0.3, -0.25) is 0 Å². The van der Waals surface area contributed by atoms with E-state index < -0.39 is 0 Å². The average molecular weight is 240 g/mol. The van der Waals surface area contributed by atoms with Crippen molar-refractivity contribution in [2.24, 2.45) is 11.8 Å². The second-order valence-electron chi connectivity index (χ2n) is 6.18. The van der Waals surface area contributed by atoms with Crippen molar-refractivity contribution >= 4 is 0 Å². The third-order valence-electron chi connectivity index (χ3n) is 4.63. The molecule has 100 valence electrons. The normalized spacial score (nSPS) is 42.9. The highest BCUT2D eigenvalue weighted by atomic mass is 16.5. The van der Waals surface area contributed by atoms with Gasteiger partial charge in [0, 0.05) is 0 Å². The molecule has 1 heterocycles. The summed E-state index contributed by atoms with van der Waals surface area (Å²) in [7, 11) is 0. The zero-order valence-electron chi connectivity index (χ0n) is 11.4. The van der Waals surface area contributed by atoms with E-state index in [1.807, 2.05) is 0 Å². The standard InChI is InChI=1S/C15H28O2/c1-3-4-12-6-8-15(16)13(9-12)10-14-7-5-11(2)17-14/h11-16H,3-10H2,1-2H3. The summed E-state index contributed by atoms with van der Waals surface area (Å²) < 4.78 is 5.90. The van der Waals surface area contributed by atoms with Crippen molar-refractivity contribution < 1.29 is 9.84 Å². The van der Waals surface area contributed by atoms with Crippen molar-refractivity contribution in [2.75, 3.05) is 0 Å². The van der Waals surface area contributed by atoms with Crippen LogP contribution in [-0.2, 0) is 4.74 Å². The molecule has 2 aliphatic rings. The lowest BCUT2D eigenvalue weighted by atomic mass is 9.75. The Morgan fingerprint density at radius 3 is 2.65 bits per heavy atom. The highest BCUT2D eigenvalue weighted by Gasteiger charge is 2.32. The van der Waals surface area contributed by atoms with Crippen LogP contribution in [0.4, 0.5) is 0 Å². The second kappa shape index (κ2) is 6.19. The Morgan fingerprint density at radius 1 is 1.18 bits per heavy atom. The molecule has 2 nitrogen and oxygen atoms in total. The Balaban J connectivity index is 1.81. The summed E-state index contributed by atoms with van der Waals surface area (Å²) in [6.45, 7) is 4.43. The van der Waals surface area contributed by atoms with Crippen molar-refractivity contribution in [1.29, 1.82) is 0 Å². The summed E-state index contributed by atoms with van der Waals surface area (Å²) in [5, 5.41) is 10.1. The zero-order chi connectivity index (χ0) is 12.3. The molecular formula is C15H28O2. The molecular weight excluding hydrogens is 212 g/mol. The van der Waals surface area contributed by atoms with Crippen LogP contribution in [0.3, 0.4) is 0 Å². The lowest BCUT2D eigenvalue weighted by molar-refractivity contribution is -0.00812. The molecule has 5 unspecified atom stereocenters. The van der Waals surface area contributed by atoms with Gasteiger partial charge < -0.3 is 9.84 Å². The highest BCUT2D eigenvalue weighted by molar-refractivity contribution is 4.83. The van der Waals surface area contributed by atoms with Gasteiger partial charge in [0.15, 0.2) is 0 Å². The fourth-order valence-electron chi connectivity index (χ4n) is 3.67. The molecule has 0 aromatic rings. The van der Waals surface area contributed by atoms with E-state index in [9.17, 15) is 5.11 Å². The van der Waals surface area contributed by atoms with E-state index in [0.29, 0.717) is 18.1 Å². The van der Waals surface area contributed by atoms with Crippen LogP contribution in [0.2, 0.25) is 0 Å². The first-order valence-corrected chi connectivity index (χ1v) is 7.52. The Labute approximate surface area is 106 Å². The molecule has 0 spiro atoms. The van der Waals surface area contributed by atoms with Gasteiger partial charge in [0.05, 0.1) is 18.3 Å². The fourth-order valence-corrected chi connectivity index (χ4v) is 3.67. The Bertz CT molecular complexity index is 229. The van der Waals surface area contributed by atoms with Gasteiger partial charge >= 0.3 is 0 Å². The summed E-state index contributed by atoms with van der Waals surface area (Å²) in [5.74, 6) is 1.35. The largest absolute Gasteiger partial charge is 0.393 e. The average Bonchev–Trinajstić information content (AvgIpc) is 2.69. The van der Waals surface area contributed by atoms with E-state index in [1.165, 1.54) is 38.5 Å². The number of hydrogen-bond donors (Lipinski definition) is 1. The van der Waals surface area contributed by atoms with Crippen LogP contribution < -0.4 is 0 Å². The molecule has 0 aromatic carbocycles. The molecule has 0 radical (unpaired) electrons. The van der Waals surface area contributed by atoms with Crippen LogP contribution in [0, 0.1) is 11.8 Å². The van der Waals surface area contributed by atoms with Crippen molar-refractivity contribution in [3.63, 3.8) is 0 Å². The maximum absolute atomic E-state index is 10.1. The van der Waals surface area contributed by atoms with Crippen LogP contribution >= 0.6 is 0 Å². The number of hydrogen-bond acceptors (Lipinski definition) is 2. The molecule has 1 aliphatic heterocycles. The molecule has 1 aliphatic carbocycles. The van der Waals surface area contributed by atoms with Gasteiger partial charge in [-0.2, -0.15) is 0 Å². The summed E-state index contributed by atoms with van der Waals surface area (Å²) in [5.41, 5.74) is 0. The zero-order valence-corrected chi connectivity index (χ0v) is 11.4. The first-order valence-electron chi connectivity index (χ1n) is 7.52. The van der Waals surface area contributed by atoms with Crippen LogP contribution in [0.5, 0.6) is 0 Å². The summed E-state index contributed by atoms with van der Waals surface area (Å²) in [4.78, 5) is 0. The topological polar surface area (TPSA) is 29.5 Å². The SMILES string of the molecule is CCCC1CCC(O)C(CC2CCC(C)O2)C1. The molecule has 0 bridgehead atoms. The lowest BCUT2D eigenvalue weighted by Crippen LogP contribution is -2.32. The lowest BCUT2D eigenvalue weighted by Gasteiger charge is -2.34. The minimum atomic E-state index is -0.0670. The van der Waals surface area contributed by atoms with Crippen molar-refractivity contribution in [3.05, 3.63) is 0 Å². The quantitative estimate of drug-likeness (QED) is 0.814. The van der Waals surface area contributed by atoms with Crippen LogP contribution in [0.15, 0.2) is 0 Å². The van der Waals surface area contributed by atoms with Crippen LogP contribution in [-0.4, -0.2) is 23.4 Å². The Morgan fingerprint density at radius 2 is 2.00 bits per heavy atom. The van der Waals surface area contributed by atoms with E-state index in [-0.39, 0.29) is 6.10 Å². The molecule has 0 amide bonds. The van der Waals surface area contributed by atoms with Gasteiger partial charge in [0.1, 0.15) is 0 Å². The van der Waals surface area contributed by atoms with Crippen LogP contribution in [0.1, 0.15) is 65.2 Å². The Kier molecular flexibility index (Phi) is 4.87. The van der Waals surface area contributed by atoms with E-state index in [1.54, 1.807) is 0 Å². The van der Waals surface area contributed by atoms with E-state index >= 15 is 0 Å². The molecule has 1 saturated carbocycles. The summed E-state index contributed by atoms with van der Waals surface area (Å²) >= 11 is 0. The first-order chi connectivity index (χ1) is 8.19. The minimum Gasteiger partial charge on any atom is -0.393 e. The molecule has 2 heteroatoms. The molecule has 2 rings (SSSR count). The van der Waals surface area contributed by atoms with E-state index in [0.717, 1.165) is 18.8 Å². The molecule has 5 atom stereocenters. The van der Waals surface area contributed by atoms with Gasteiger partial charge in [-0.15, -0.1) is 0 Å². The van der Waals surface area contributed by atoms with Crippen molar-refractivity contribution in [1.82, 2.24) is 0 Å². The number of ether oxygens (including phenoxy) is 1.